The van der Waals surface area contributed by atoms with Gasteiger partial charge in [0.2, 0.25) is 0 Å². The standard InChI is InChI=1S/C15H12N4OS/c16-9-14-15(18-19-17-14)12-2-1-3-13(8-12)20-6-4-11-5-7-21-10-11/h1-3,5,7-8,10H,4,6H2,(H,17,18,19). The van der Waals surface area contributed by atoms with Crippen LogP contribution in [0, 0.1) is 11.3 Å². The molecule has 0 bridgehead atoms. The van der Waals surface area contributed by atoms with Gasteiger partial charge >= 0.3 is 0 Å². The van der Waals surface area contributed by atoms with Crippen molar-refractivity contribution >= 4 is 11.3 Å². The third-order valence-corrected chi connectivity index (χ3v) is 3.73. The van der Waals surface area contributed by atoms with Crippen molar-refractivity contribution in [2.75, 3.05) is 6.61 Å². The molecule has 3 aromatic rings. The smallest absolute Gasteiger partial charge is 0.190 e. The highest BCUT2D eigenvalue weighted by atomic mass is 32.1. The lowest BCUT2D eigenvalue weighted by molar-refractivity contribution is 0.322. The van der Waals surface area contributed by atoms with Crippen LogP contribution in [0.3, 0.4) is 0 Å². The predicted octanol–water partition coefficient (Wildman–Crippen LogP) is 3.03. The van der Waals surface area contributed by atoms with Crippen molar-refractivity contribution in [2.24, 2.45) is 0 Å². The lowest BCUT2D eigenvalue weighted by atomic mass is 10.1. The number of hydrogen-bond acceptors (Lipinski definition) is 5. The minimum atomic E-state index is 0.283. The summed E-state index contributed by atoms with van der Waals surface area (Å²) >= 11 is 1.69. The molecular weight excluding hydrogens is 284 g/mol. The Kier molecular flexibility index (Phi) is 3.94. The van der Waals surface area contributed by atoms with Crippen LogP contribution in [0.4, 0.5) is 0 Å². The quantitative estimate of drug-likeness (QED) is 0.785. The summed E-state index contributed by atoms with van der Waals surface area (Å²) < 4.78 is 5.75. The zero-order valence-electron chi connectivity index (χ0n) is 11.1. The summed E-state index contributed by atoms with van der Waals surface area (Å²) in [5.74, 6) is 0.759. The first-order chi connectivity index (χ1) is 10.4. The molecule has 1 N–H and O–H groups in total. The largest absolute Gasteiger partial charge is 0.493 e. The van der Waals surface area contributed by atoms with E-state index in [-0.39, 0.29) is 5.69 Å². The van der Waals surface area contributed by atoms with Gasteiger partial charge in [-0.15, -0.1) is 5.10 Å². The second-order valence-electron chi connectivity index (χ2n) is 4.39. The Labute approximate surface area is 125 Å². The van der Waals surface area contributed by atoms with Gasteiger partial charge in [-0.3, -0.25) is 0 Å². The van der Waals surface area contributed by atoms with E-state index in [1.54, 1.807) is 11.3 Å². The summed E-state index contributed by atoms with van der Waals surface area (Å²) in [5.41, 5.74) is 2.92. The summed E-state index contributed by atoms with van der Waals surface area (Å²) in [7, 11) is 0. The molecule has 0 amide bonds. The van der Waals surface area contributed by atoms with Gasteiger partial charge in [-0.05, 0) is 34.5 Å². The number of rotatable bonds is 5. The molecule has 0 fully saturated rings. The first-order valence-electron chi connectivity index (χ1n) is 6.42. The number of nitriles is 1. The molecule has 6 heteroatoms. The van der Waals surface area contributed by atoms with Crippen LogP contribution in [0.1, 0.15) is 11.3 Å². The molecule has 0 spiro atoms. The normalized spacial score (nSPS) is 10.2. The van der Waals surface area contributed by atoms with E-state index in [1.807, 2.05) is 30.3 Å². The summed E-state index contributed by atoms with van der Waals surface area (Å²) in [6.45, 7) is 0.615. The third-order valence-electron chi connectivity index (χ3n) is 3.00. The number of ether oxygens (including phenoxy) is 1. The van der Waals surface area contributed by atoms with Crippen LogP contribution in [0.2, 0.25) is 0 Å². The fourth-order valence-corrected chi connectivity index (χ4v) is 2.67. The van der Waals surface area contributed by atoms with E-state index in [2.05, 4.69) is 32.2 Å². The van der Waals surface area contributed by atoms with Crippen molar-refractivity contribution in [3.05, 3.63) is 52.3 Å². The Morgan fingerprint density at radius 2 is 2.24 bits per heavy atom. The number of H-pyrrole nitrogens is 1. The average molecular weight is 296 g/mol. The minimum absolute atomic E-state index is 0.283. The molecule has 5 nitrogen and oxygen atoms in total. The van der Waals surface area contributed by atoms with Gasteiger partial charge in [-0.1, -0.05) is 12.1 Å². The number of thiophene rings is 1. The second-order valence-corrected chi connectivity index (χ2v) is 5.17. The number of nitrogens with zero attached hydrogens (tertiary/aromatic N) is 3. The predicted molar refractivity (Wildman–Crippen MR) is 80.1 cm³/mol. The number of nitrogens with one attached hydrogen (secondary N) is 1. The highest BCUT2D eigenvalue weighted by Crippen LogP contribution is 2.23. The molecule has 104 valence electrons. The number of aromatic nitrogens is 3. The molecular formula is C15H12N4OS. The Balaban J connectivity index is 1.70. The Morgan fingerprint density at radius 3 is 3.05 bits per heavy atom. The van der Waals surface area contributed by atoms with Gasteiger partial charge in [0.1, 0.15) is 17.5 Å². The van der Waals surface area contributed by atoms with Crippen LogP contribution in [0.5, 0.6) is 5.75 Å². The van der Waals surface area contributed by atoms with E-state index in [9.17, 15) is 0 Å². The maximum Gasteiger partial charge on any atom is 0.190 e. The van der Waals surface area contributed by atoms with E-state index in [1.165, 1.54) is 5.56 Å². The number of benzene rings is 1. The Bertz CT molecular complexity index is 758. The van der Waals surface area contributed by atoms with Crippen LogP contribution in [0.15, 0.2) is 41.1 Å². The van der Waals surface area contributed by atoms with Crippen LogP contribution in [-0.2, 0) is 6.42 Å². The van der Waals surface area contributed by atoms with Gasteiger partial charge in [0.05, 0.1) is 6.61 Å². The molecule has 0 aliphatic carbocycles. The number of aromatic amines is 1. The third kappa shape index (κ3) is 3.09. The number of hydrogen-bond donors (Lipinski definition) is 1. The van der Waals surface area contributed by atoms with E-state index < -0.39 is 0 Å². The lowest BCUT2D eigenvalue weighted by Crippen LogP contribution is -2.00. The van der Waals surface area contributed by atoms with Crippen LogP contribution in [0.25, 0.3) is 11.3 Å². The first-order valence-corrected chi connectivity index (χ1v) is 7.36. The molecule has 0 unspecified atom stereocenters. The zero-order valence-corrected chi connectivity index (χ0v) is 11.9. The molecule has 2 heterocycles. The molecule has 2 aromatic heterocycles. The fraction of sp³-hybridized carbons (Fsp3) is 0.133. The maximum absolute atomic E-state index is 8.98. The second kappa shape index (κ2) is 6.20. The maximum atomic E-state index is 8.98. The van der Waals surface area contributed by atoms with E-state index in [0.717, 1.165) is 17.7 Å². The van der Waals surface area contributed by atoms with Gasteiger partial charge in [-0.25, -0.2) is 0 Å². The SMILES string of the molecule is N#Cc1n[nH]nc1-c1cccc(OCCc2ccsc2)c1. The molecule has 0 saturated carbocycles. The van der Waals surface area contributed by atoms with Gasteiger partial charge in [-0.2, -0.15) is 26.9 Å². The van der Waals surface area contributed by atoms with E-state index in [0.29, 0.717) is 12.3 Å². The summed E-state index contributed by atoms with van der Waals surface area (Å²) in [6.07, 6.45) is 0.876. The topological polar surface area (TPSA) is 74.6 Å². The van der Waals surface area contributed by atoms with Gasteiger partial charge in [0.25, 0.3) is 0 Å². The first kappa shape index (κ1) is 13.3. The molecule has 3 rings (SSSR count). The van der Waals surface area contributed by atoms with Crippen molar-refractivity contribution in [2.45, 2.75) is 6.42 Å². The molecule has 0 atom stereocenters. The van der Waals surface area contributed by atoms with E-state index >= 15 is 0 Å². The molecule has 0 radical (unpaired) electrons. The van der Waals surface area contributed by atoms with Crippen molar-refractivity contribution in [1.29, 1.82) is 5.26 Å². The van der Waals surface area contributed by atoms with Gasteiger partial charge < -0.3 is 4.74 Å². The van der Waals surface area contributed by atoms with Crippen molar-refractivity contribution < 1.29 is 4.74 Å². The summed E-state index contributed by atoms with van der Waals surface area (Å²) in [6, 6.07) is 11.6. The van der Waals surface area contributed by atoms with Gasteiger partial charge in [0.15, 0.2) is 5.69 Å². The van der Waals surface area contributed by atoms with Crippen molar-refractivity contribution in [1.82, 2.24) is 15.4 Å². The Morgan fingerprint density at radius 1 is 1.29 bits per heavy atom. The minimum Gasteiger partial charge on any atom is -0.493 e. The van der Waals surface area contributed by atoms with Crippen LogP contribution < -0.4 is 4.74 Å². The van der Waals surface area contributed by atoms with Crippen LogP contribution in [-0.4, -0.2) is 22.0 Å². The average Bonchev–Trinajstić information content (AvgIpc) is 3.18. The summed E-state index contributed by atoms with van der Waals surface area (Å²) in [4.78, 5) is 0. The molecule has 21 heavy (non-hydrogen) atoms. The van der Waals surface area contributed by atoms with Crippen LogP contribution >= 0.6 is 11.3 Å². The lowest BCUT2D eigenvalue weighted by Gasteiger charge is -2.06. The molecule has 0 saturated heterocycles. The van der Waals surface area contributed by atoms with Crippen molar-refractivity contribution in [3.63, 3.8) is 0 Å². The molecule has 0 aliphatic heterocycles. The summed E-state index contributed by atoms with van der Waals surface area (Å²) in [5, 5.41) is 23.4. The van der Waals surface area contributed by atoms with Gasteiger partial charge in [0, 0.05) is 12.0 Å². The zero-order chi connectivity index (χ0) is 14.5. The molecule has 0 aliphatic rings. The highest BCUT2D eigenvalue weighted by molar-refractivity contribution is 7.07. The fourth-order valence-electron chi connectivity index (χ4n) is 1.96. The highest BCUT2D eigenvalue weighted by Gasteiger charge is 2.10. The van der Waals surface area contributed by atoms with Crippen molar-refractivity contribution in [3.8, 4) is 23.1 Å². The Hall–Kier alpha value is -2.65. The van der Waals surface area contributed by atoms with E-state index in [4.69, 9.17) is 10.00 Å². The monoisotopic (exact) mass is 296 g/mol. The molecule has 1 aromatic carbocycles.